The summed E-state index contributed by atoms with van der Waals surface area (Å²) >= 11 is 0. The number of nitrogens with zero attached hydrogens (tertiary/aromatic N) is 1. The lowest BCUT2D eigenvalue weighted by molar-refractivity contribution is 0.229. The maximum atomic E-state index is 12.8. The largest absolute Gasteiger partial charge is 0.297 e. The fourth-order valence-electron chi connectivity index (χ4n) is 1.29. The van der Waals surface area contributed by atoms with Crippen molar-refractivity contribution in [2.75, 3.05) is 13.1 Å². The van der Waals surface area contributed by atoms with Gasteiger partial charge in [0.1, 0.15) is 6.17 Å². The topological polar surface area (TPSA) is 3.24 Å². The van der Waals surface area contributed by atoms with Gasteiger partial charge in [-0.05, 0) is 26.7 Å². The van der Waals surface area contributed by atoms with E-state index in [1.165, 1.54) is 0 Å². The molecule has 0 radical (unpaired) electrons. The lowest BCUT2D eigenvalue weighted by atomic mass is 10.2. The van der Waals surface area contributed by atoms with Crippen LogP contribution in [0.4, 0.5) is 8.78 Å². The van der Waals surface area contributed by atoms with Crippen LogP contribution >= 0.6 is 0 Å². The predicted octanol–water partition coefficient (Wildman–Crippen LogP) is 4.90. The Balaban J connectivity index is 0. The maximum Gasteiger partial charge on any atom is 0.120 e. The van der Waals surface area contributed by atoms with Gasteiger partial charge in [-0.25, -0.2) is 8.78 Å². The molecule has 0 saturated carbocycles. The summed E-state index contributed by atoms with van der Waals surface area (Å²) < 4.78 is 24.0. The molecule has 0 spiro atoms. The summed E-state index contributed by atoms with van der Waals surface area (Å²) in [6, 6.07) is 0.532. The Kier molecular flexibility index (Phi) is 13.9. The molecular formula is C15H29F2N. The number of halogens is 2. The van der Waals surface area contributed by atoms with E-state index in [2.05, 4.69) is 25.3 Å². The molecule has 1 unspecified atom stereocenters. The molecule has 0 aromatic rings. The van der Waals surface area contributed by atoms with E-state index in [9.17, 15) is 8.78 Å². The monoisotopic (exact) mass is 261 g/mol. The molecule has 108 valence electrons. The first-order valence-corrected chi connectivity index (χ1v) is 6.85. The predicted molar refractivity (Wildman–Crippen MR) is 77.2 cm³/mol. The second-order valence-corrected chi connectivity index (χ2v) is 4.19. The molecule has 0 aromatic heterocycles. The molecule has 1 atom stereocenters. The molecule has 0 aliphatic carbocycles. The Labute approximate surface area is 112 Å². The van der Waals surface area contributed by atoms with Crippen LogP contribution in [0.15, 0.2) is 24.6 Å². The first-order chi connectivity index (χ1) is 8.47. The molecule has 0 amide bonds. The fourth-order valence-corrected chi connectivity index (χ4v) is 1.29. The van der Waals surface area contributed by atoms with Crippen molar-refractivity contribution in [1.29, 1.82) is 0 Å². The maximum absolute atomic E-state index is 12.8. The highest BCUT2D eigenvalue weighted by Crippen LogP contribution is 2.09. The normalized spacial score (nSPS) is 19.2. The highest BCUT2D eigenvalue weighted by atomic mass is 19.1. The van der Waals surface area contributed by atoms with Gasteiger partial charge in [-0.15, -0.1) is 0 Å². The number of alkyl halides is 1. The molecule has 0 N–H and O–H groups in total. The van der Waals surface area contributed by atoms with Crippen LogP contribution in [0.2, 0.25) is 0 Å². The van der Waals surface area contributed by atoms with E-state index in [-0.39, 0.29) is 5.83 Å². The van der Waals surface area contributed by atoms with E-state index < -0.39 is 6.17 Å². The van der Waals surface area contributed by atoms with Gasteiger partial charge in [0.15, 0.2) is 0 Å². The van der Waals surface area contributed by atoms with E-state index in [1.807, 2.05) is 19.9 Å². The van der Waals surface area contributed by atoms with Crippen LogP contribution < -0.4 is 0 Å². The Morgan fingerprint density at radius 3 is 2.33 bits per heavy atom. The van der Waals surface area contributed by atoms with Crippen molar-refractivity contribution in [1.82, 2.24) is 4.90 Å². The van der Waals surface area contributed by atoms with E-state index in [1.54, 1.807) is 13.0 Å². The van der Waals surface area contributed by atoms with Gasteiger partial charge in [0, 0.05) is 19.1 Å². The van der Waals surface area contributed by atoms with Crippen molar-refractivity contribution in [2.24, 2.45) is 0 Å². The highest BCUT2D eigenvalue weighted by Gasteiger charge is 2.13. The summed E-state index contributed by atoms with van der Waals surface area (Å²) in [5.41, 5.74) is 0. The quantitative estimate of drug-likeness (QED) is 0.639. The average molecular weight is 261 g/mol. The summed E-state index contributed by atoms with van der Waals surface area (Å²) in [7, 11) is 0. The highest BCUT2D eigenvalue weighted by molar-refractivity contribution is 4.95. The van der Waals surface area contributed by atoms with Crippen LogP contribution in [-0.2, 0) is 0 Å². The Morgan fingerprint density at radius 2 is 1.94 bits per heavy atom. The molecular weight excluding hydrogens is 232 g/mol. The number of rotatable bonds is 2. The molecule has 0 bridgehead atoms. The standard InChI is InChI=1S/C9H16FN.C4H7F.C2H6/c1-8(2)11-6-3-4-9(10)5-7-11;1-3-4(2)5;1-2/h3-4,8-9H,5-7H2,1-2H3;2-3H2,1H3;1-2H3. The molecule has 1 aliphatic rings. The molecule has 1 nitrogen and oxygen atoms in total. The molecule has 1 heterocycles. The van der Waals surface area contributed by atoms with Crippen LogP contribution in [-0.4, -0.2) is 30.2 Å². The van der Waals surface area contributed by atoms with Crippen LogP contribution in [0.25, 0.3) is 0 Å². The minimum absolute atomic E-state index is 0.245. The van der Waals surface area contributed by atoms with Gasteiger partial charge in [0.2, 0.25) is 0 Å². The minimum atomic E-state index is -0.723. The zero-order chi connectivity index (χ0) is 14.6. The molecule has 0 aromatic carbocycles. The Morgan fingerprint density at radius 1 is 1.44 bits per heavy atom. The Hall–Kier alpha value is -0.700. The summed E-state index contributed by atoms with van der Waals surface area (Å²) in [5.74, 6) is -0.245. The van der Waals surface area contributed by atoms with E-state index in [0.29, 0.717) is 18.9 Å². The van der Waals surface area contributed by atoms with Gasteiger partial charge in [-0.3, -0.25) is 4.90 Å². The zero-order valence-corrected chi connectivity index (χ0v) is 12.5. The van der Waals surface area contributed by atoms with E-state index in [0.717, 1.165) is 13.1 Å². The van der Waals surface area contributed by atoms with Gasteiger partial charge in [-0.1, -0.05) is 39.5 Å². The van der Waals surface area contributed by atoms with Crippen molar-refractivity contribution in [3.05, 3.63) is 24.6 Å². The lowest BCUT2D eigenvalue weighted by Crippen LogP contribution is -2.31. The van der Waals surface area contributed by atoms with Crippen LogP contribution in [0.5, 0.6) is 0 Å². The number of hydrogen-bond donors (Lipinski definition) is 0. The first-order valence-electron chi connectivity index (χ1n) is 6.85. The third-order valence-corrected chi connectivity index (χ3v) is 2.49. The molecule has 1 rings (SSSR count). The van der Waals surface area contributed by atoms with Crippen molar-refractivity contribution in [3.8, 4) is 0 Å². The van der Waals surface area contributed by atoms with Gasteiger partial charge in [0.05, 0.1) is 5.83 Å². The fraction of sp³-hybridized carbons (Fsp3) is 0.733. The molecule has 3 heteroatoms. The van der Waals surface area contributed by atoms with Crippen LogP contribution in [0.3, 0.4) is 0 Å². The Bertz CT molecular complexity index is 225. The summed E-state index contributed by atoms with van der Waals surface area (Å²) in [6.07, 6.45) is 3.97. The zero-order valence-electron chi connectivity index (χ0n) is 12.5. The van der Waals surface area contributed by atoms with Gasteiger partial charge >= 0.3 is 0 Å². The van der Waals surface area contributed by atoms with Crippen LogP contribution in [0.1, 0.15) is 47.5 Å². The second-order valence-electron chi connectivity index (χ2n) is 4.19. The smallest absolute Gasteiger partial charge is 0.120 e. The third-order valence-electron chi connectivity index (χ3n) is 2.49. The van der Waals surface area contributed by atoms with Gasteiger partial charge in [-0.2, -0.15) is 0 Å². The second kappa shape index (κ2) is 12.7. The van der Waals surface area contributed by atoms with Crippen molar-refractivity contribution in [3.63, 3.8) is 0 Å². The lowest BCUT2D eigenvalue weighted by Gasteiger charge is -2.23. The molecule has 1 aliphatic heterocycles. The summed E-state index contributed by atoms with van der Waals surface area (Å²) in [5, 5.41) is 0. The molecule has 0 fully saturated rings. The SMILES string of the molecule is C=C(F)CC.CC.CC(C)N1CC=CC(F)CC1. The van der Waals surface area contributed by atoms with Crippen molar-refractivity contribution < 1.29 is 8.78 Å². The van der Waals surface area contributed by atoms with E-state index in [4.69, 9.17) is 0 Å². The number of allylic oxidation sites excluding steroid dienone is 2. The van der Waals surface area contributed by atoms with Gasteiger partial charge < -0.3 is 0 Å². The summed E-state index contributed by atoms with van der Waals surface area (Å²) in [6.45, 7) is 14.8. The van der Waals surface area contributed by atoms with E-state index >= 15 is 0 Å². The van der Waals surface area contributed by atoms with Crippen molar-refractivity contribution >= 4 is 0 Å². The average Bonchev–Trinajstić information content (AvgIpc) is 2.57. The van der Waals surface area contributed by atoms with Crippen molar-refractivity contribution in [2.45, 2.75) is 59.7 Å². The third kappa shape index (κ3) is 11.8. The number of hydrogen-bond acceptors (Lipinski definition) is 1. The summed E-state index contributed by atoms with van der Waals surface area (Å²) in [4.78, 5) is 2.27. The minimum Gasteiger partial charge on any atom is -0.297 e. The van der Waals surface area contributed by atoms with Gasteiger partial charge in [0.25, 0.3) is 0 Å². The van der Waals surface area contributed by atoms with Crippen LogP contribution in [0, 0.1) is 0 Å². The first kappa shape index (κ1) is 19.6. The molecule has 18 heavy (non-hydrogen) atoms. The molecule has 0 saturated heterocycles.